The number of hydrogen-bond donors (Lipinski definition) is 0. The number of hydrogen-bond acceptors (Lipinski definition) is 4. The van der Waals surface area contributed by atoms with Crippen molar-refractivity contribution < 1.29 is 19.1 Å². The normalized spacial score (nSPS) is 22.8. The van der Waals surface area contributed by atoms with Crippen LogP contribution in [0.15, 0.2) is 0 Å². The Labute approximate surface area is 127 Å². The van der Waals surface area contributed by atoms with Crippen LogP contribution in [0, 0.1) is 11.3 Å². The van der Waals surface area contributed by atoms with E-state index in [4.69, 9.17) is 4.74 Å². The molecule has 0 aromatic heterocycles. The van der Waals surface area contributed by atoms with Gasteiger partial charge in [0.2, 0.25) is 5.91 Å². The number of nitrogens with zero attached hydrogens (tertiary/aromatic N) is 1. The van der Waals surface area contributed by atoms with Gasteiger partial charge in [-0.25, -0.2) is 0 Å². The van der Waals surface area contributed by atoms with Crippen LogP contribution in [0.2, 0.25) is 0 Å². The number of esters is 1. The van der Waals surface area contributed by atoms with Gasteiger partial charge in [0.25, 0.3) is 0 Å². The zero-order chi connectivity index (χ0) is 16.6. The quantitative estimate of drug-likeness (QED) is 0.453. The van der Waals surface area contributed by atoms with E-state index >= 15 is 0 Å². The van der Waals surface area contributed by atoms with Crippen LogP contribution in [0.25, 0.3) is 0 Å². The molecule has 5 nitrogen and oxygen atoms in total. The average Bonchev–Trinajstić information content (AvgIpc) is 2.21. The summed E-state index contributed by atoms with van der Waals surface area (Å²) in [6.07, 6.45) is 0.0728. The van der Waals surface area contributed by atoms with E-state index < -0.39 is 11.5 Å². The fourth-order valence-corrected chi connectivity index (χ4v) is 2.54. The molecule has 0 unspecified atom stereocenters. The number of carbonyl (C=O) groups is 3. The highest BCUT2D eigenvalue weighted by atomic mass is 16.6. The Hall–Kier alpha value is -1.39. The van der Waals surface area contributed by atoms with Crippen LogP contribution >= 0.6 is 0 Å². The van der Waals surface area contributed by atoms with Crippen molar-refractivity contribution in [2.75, 3.05) is 6.54 Å². The first-order valence-corrected chi connectivity index (χ1v) is 7.34. The molecule has 1 saturated heterocycles. The van der Waals surface area contributed by atoms with E-state index in [1.807, 2.05) is 20.8 Å². The largest absolute Gasteiger partial charge is 0.460 e. The molecule has 0 aromatic rings. The Balaban J connectivity index is 2.80. The molecule has 1 fully saturated rings. The van der Waals surface area contributed by atoms with Gasteiger partial charge in [0.05, 0.1) is 12.5 Å². The van der Waals surface area contributed by atoms with Crippen molar-refractivity contribution in [2.45, 2.75) is 66.5 Å². The summed E-state index contributed by atoms with van der Waals surface area (Å²) in [7, 11) is 0. The van der Waals surface area contributed by atoms with Gasteiger partial charge in [-0.2, -0.15) is 0 Å². The molecule has 0 N–H and O–H groups in total. The molecular weight excluding hydrogens is 270 g/mol. The molecule has 1 heterocycles. The summed E-state index contributed by atoms with van der Waals surface area (Å²) in [5.74, 6) is -1.42. The first-order valence-electron chi connectivity index (χ1n) is 7.34. The third-order valence-electron chi connectivity index (χ3n) is 3.21. The number of Topliss-reactive ketones (excluding diaryl/α,β-unsaturated/α-hetero) is 1. The molecular formula is C16H27NO4. The second-order valence-electron chi connectivity index (χ2n) is 7.97. The Morgan fingerprint density at radius 1 is 1.14 bits per heavy atom. The fraction of sp³-hybridized carbons (Fsp3) is 0.812. The monoisotopic (exact) mass is 297 g/mol. The third kappa shape index (κ3) is 4.83. The second-order valence-corrected chi connectivity index (χ2v) is 7.97. The molecule has 21 heavy (non-hydrogen) atoms. The average molecular weight is 297 g/mol. The highest BCUT2D eigenvalue weighted by molar-refractivity contribution is 6.06. The first kappa shape index (κ1) is 17.7. The van der Waals surface area contributed by atoms with Crippen LogP contribution in [-0.2, 0) is 19.1 Å². The Morgan fingerprint density at radius 3 is 2.05 bits per heavy atom. The van der Waals surface area contributed by atoms with Crippen LogP contribution in [0.3, 0.4) is 0 Å². The minimum atomic E-state index is -0.695. The fourth-order valence-electron chi connectivity index (χ4n) is 2.54. The summed E-state index contributed by atoms with van der Waals surface area (Å²) in [6.45, 7) is 13.4. The van der Waals surface area contributed by atoms with Gasteiger partial charge >= 0.3 is 5.97 Å². The lowest BCUT2D eigenvalue weighted by Crippen LogP contribution is -2.65. The Morgan fingerprint density at radius 2 is 1.67 bits per heavy atom. The number of ether oxygens (including phenoxy) is 1. The number of likely N-dealkylation sites (tertiary alicyclic amines) is 1. The predicted octanol–water partition coefficient (Wildman–Crippen LogP) is 2.18. The van der Waals surface area contributed by atoms with E-state index in [1.165, 1.54) is 6.92 Å². The van der Waals surface area contributed by atoms with E-state index in [2.05, 4.69) is 0 Å². The van der Waals surface area contributed by atoms with Crippen LogP contribution in [0.4, 0.5) is 0 Å². The van der Waals surface area contributed by atoms with Crippen molar-refractivity contribution in [1.82, 2.24) is 4.90 Å². The molecule has 0 aliphatic carbocycles. The van der Waals surface area contributed by atoms with Crippen LogP contribution in [0.1, 0.15) is 54.9 Å². The molecule has 1 aliphatic heterocycles. The maximum Gasteiger partial charge on any atom is 0.308 e. The van der Waals surface area contributed by atoms with Gasteiger partial charge in [0.1, 0.15) is 17.3 Å². The maximum absolute atomic E-state index is 12.1. The third-order valence-corrected chi connectivity index (χ3v) is 3.21. The van der Waals surface area contributed by atoms with Crippen molar-refractivity contribution in [2.24, 2.45) is 11.3 Å². The van der Waals surface area contributed by atoms with Crippen molar-refractivity contribution in [3.8, 4) is 0 Å². The van der Waals surface area contributed by atoms with Gasteiger partial charge in [0.15, 0.2) is 0 Å². The van der Waals surface area contributed by atoms with E-state index in [9.17, 15) is 14.4 Å². The molecule has 120 valence electrons. The first-order chi connectivity index (χ1) is 9.32. The molecule has 0 radical (unpaired) electrons. The lowest BCUT2D eigenvalue weighted by Gasteiger charge is -2.48. The lowest BCUT2D eigenvalue weighted by molar-refractivity contribution is -0.169. The smallest absolute Gasteiger partial charge is 0.308 e. The van der Waals surface area contributed by atoms with E-state index in [1.54, 1.807) is 25.7 Å². The Kier molecular flexibility index (Phi) is 4.86. The molecule has 0 saturated carbocycles. The summed E-state index contributed by atoms with van der Waals surface area (Å²) in [6, 6.07) is -0.371. The van der Waals surface area contributed by atoms with Gasteiger partial charge in [-0.3, -0.25) is 14.4 Å². The van der Waals surface area contributed by atoms with Crippen molar-refractivity contribution in [1.29, 1.82) is 0 Å². The zero-order valence-electron chi connectivity index (χ0n) is 14.1. The number of amides is 1. The molecule has 2 atom stereocenters. The molecule has 0 aromatic carbocycles. The van der Waals surface area contributed by atoms with Crippen LogP contribution in [-0.4, -0.2) is 40.7 Å². The number of β-lactam (4-membered cyclic amide) rings is 1. The highest BCUT2D eigenvalue weighted by Crippen LogP contribution is 2.33. The van der Waals surface area contributed by atoms with Gasteiger partial charge in [-0.15, -0.1) is 0 Å². The van der Waals surface area contributed by atoms with E-state index in [-0.39, 0.29) is 35.5 Å². The minimum Gasteiger partial charge on any atom is -0.460 e. The van der Waals surface area contributed by atoms with E-state index in [0.29, 0.717) is 6.54 Å². The highest BCUT2D eigenvalue weighted by Gasteiger charge is 2.51. The molecule has 0 bridgehead atoms. The molecule has 1 rings (SSSR count). The van der Waals surface area contributed by atoms with Gasteiger partial charge in [-0.1, -0.05) is 20.8 Å². The maximum atomic E-state index is 12.1. The Bertz CT molecular complexity index is 442. The topological polar surface area (TPSA) is 63.7 Å². The van der Waals surface area contributed by atoms with E-state index in [0.717, 1.165) is 0 Å². The second kappa shape index (κ2) is 5.78. The molecule has 0 spiro atoms. The summed E-state index contributed by atoms with van der Waals surface area (Å²) in [5.41, 5.74) is -0.644. The van der Waals surface area contributed by atoms with Gasteiger partial charge in [0, 0.05) is 6.54 Å². The minimum absolute atomic E-state index is 0.0728. The number of rotatable bonds is 4. The molecule has 5 heteroatoms. The van der Waals surface area contributed by atoms with Crippen molar-refractivity contribution in [3.05, 3.63) is 0 Å². The predicted molar refractivity (Wildman–Crippen MR) is 79.6 cm³/mol. The molecule has 1 aliphatic rings. The summed E-state index contributed by atoms with van der Waals surface area (Å²) in [5, 5.41) is 0. The van der Waals surface area contributed by atoms with Gasteiger partial charge in [-0.05, 0) is 33.1 Å². The standard InChI is InChI=1S/C16H27NO4/c1-10(18)13-11(8-12(19)21-16(5,6)7)17(14(13)20)9-15(2,3)4/h11,13H,8-9H2,1-7H3/t11-,13-/m0/s1. The van der Waals surface area contributed by atoms with Crippen molar-refractivity contribution >= 4 is 17.7 Å². The SMILES string of the molecule is CC(=O)[C@@H]1C(=O)N(CC(C)(C)C)[C@H]1CC(=O)OC(C)(C)C. The zero-order valence-corrected chi connectivity index (χ0v) is 14.1. The van der Waals surface area contributed by atoms with Crippen LogP contribution < -0.4 is 0 Å². The lowest BCUT2D eigenvalue weighted by atomic mass is 9.80. The summed E-state index contributed by atoms with van der Waals surface area (Å²) >= 11 is 0. The van der Waals surface area contributed by atoms with Gasteiger partial charge < -0.3 is 9.64 Å². The summed E-state index contributed by atoms with van der Waals surface area (Å²) < 4.78 is 5.30. The summed E-state index contributed by atoms with van der Waals surface area (Å²) in [4.78, 5) is 37.3. The number of ketones is 1. The van der Waals surface area contributed by atoms with Crippen LogP contribution in [0.5, 0.6) is 0 Å². The van der Waals surface area contributed by atoms with Crippen molar-refractivity contribution in [3.63, 3.8) is 0 Å². The number of carbonyl (C=O) groups excluding carboxylic acids is 3. The molecule has 1 amide bonds.